The van der Waals surface area contributed by atoms with Gasteiger partial charge in [-0.3, -0.25) is 19.2 Å². The molecule has 0 saturated carbocycles. The molecular weight excluding hydrogens is 554 g/mol. The minimum Gasteiger partial charge on any atom is -0.358 e. The van der Waals surface area contributed by atoms with Gasteiger partial charge in [-0.15, -0.1) is 0 Å². The highest BCUT2D eigenvalue weighted by Gasteiger charge is 2.42. The Bertz CT molecular complexity index is 1510. The zero-order valence-corrected chi connectivity index (χ0v) is 25.6. The summed E-state index contributed by atoms with van der Waals surface area (Å²) in [6, 6.07) is 16.9. The van der Waals surface area contributed by atoms with Gasteiger partial charge in [0.25, 0.3) is 0 Å². The van der Waals surface area contributed by atoms with Crippen LogP contribution >= 0.6 is 0 Å². The lowest BCUT2D eigenvalue weighted by Crippen LogP contribution is -2.51. The van der Waals surface area contributed by atoms with Crippen molar-refractivity contribution in [1.29, 1.82) is 5.41 Å². The van der Waals surface area contributed by atoms with Gasteiger partial charge in [-0.2, -0.15) is 0 Å². The summed E-state index contributed by atoms with van der Waals surface area (Å²) in [6.07, 6.45) is 3.52. The monoisotopic (exact) mass is 597 g/mol. The van der Waals surface area contributed by atoms with Crippen LogP contribution in [0.1, 0.15) is 61.8 Å². The number of carbonyl (C=O) groups is 4. The van der Waals surface area contributed by atoms with Crippen molar-refractivity contribution >= 4 is 40.5 Å². The first kappa shape index (κ1) is 31.3. The quantitative estimate of drug-likeness (QED) is 0.233. The Labute approximate surface area is 258 Å². The number of hydrogen-bond acceptors (Lipinski definition) is 6. The van der Waals surface area contributed by atoms with E-state index in [4.69, 9.17) is 5.41 Å². The highest BCUT2D eigenvalue weighted by atomic mass is 16.2. The van der Waals surface area contributed by atoms with Gasteiger partial charge in [0, 0.05) is 47.8 Å². The summed E-state index contributed by atoms with van der Waals surface area (Å²) < 4.78 is 0. The third kappa shape index (κ3) is 7.16. The number of carbonyl (C=O) groups excluding carboxylic acids is 4. The highest BCUT2D eigenvalue weighted by molar-refractivity contribution is 6.26. The number of H-pyrrole nitrogens is 1. The van der Waals surface area contributed by atoms with E-state index in [1.165, 1.54) is 0 Å². The highest BCUT2D eigenvalue weighted by Crippen LogP contribution is 2.41. The summed E-state index contributed by atoms with van der Waals surface area (Å²) in [7, 11) is 2.06. The van der Waals surface area contributed by atoms with E-state index in [-0.39, 0.29) is 48.1 Å². The fraction of sp³-hybridized carbons (Fsp3) is 0.457. The number of piperidine rings is 1. The van der Waals surface area contributed by atoms with Crippen LogP contribution in [-0.2, 0) is 32.1 Å². The topological polar surface area (TPSA) is 135 Å². The molecule has 1 aromatic heterocycles. The number of amides is 2. The number of hydrogen-bond donors (Lipinski definition) is 4. The molecule has 1 saturated heterocycles. The minimum absolute atomic E-state index is 0.0446. The molecule has 232 valence electrons. The Morgan fingerprint density at radius 3 is 2.50 bits per heavy atom. The van der Waals surface area contributed by atoms with E-state index >= 15 is 0 Å². The Hall–Kier alpha value is -4.11. The second-order valence-electron chi connectivity index (χ2n) is 12.5. The largest absolute Gasteiger partial charge is 0.358 e. The smallest absolute Gasteiger partial charge is 0.223 e. The number of Topliss-reactive ketones (excluding diaryl/α,β-unsaturated/α-hetero) is 2. The first-order valence-corrected chi connectivity index (χ1v) is 15.7. The molecule has 2 aromatic carbocycles. The van der Waals surface area contributed by atoms with Crippen LogP contribution in [0.4, 0.5) is 0 Å². The van der Waals surface area contributed by atoms with E-state index in [9.17, 15) is 19.2 Å². The van der Waals surface area contributed by atoms with Crippen LogP contribution in [0, 0.1) is 23.2 Å². The Morgan fingerprint density at radius 2 is 1.77 bits per heavy atom. The van der Waals surface area contributed by atoms with E-state index in [0.29, 0.717) is 19.4 Å². The summed E-state index contributed by atoms with van der Waals surface area (Å²) in [6.45, 7) is 4.06. The maximum atomic E-state index is 14.2. The molecule has 2 aliphatic rings. The molecular formula is C35H43N5O4. The standard InChI is InChI=1S/C35H43N5O4/c1-22(18-25(12-13-26(41)20-36)34(43)37-21-23-8-4-3-5-9-23)31-32-28(27-10-6-7-11-29(27)38-32)19-30(33(31)42)39-35(44)24-14-16-40(2)17-15-24/h3-11,20,22,24-25,30-31,36,38H,12-19,21H2,1-2H3,(H,37,43)(H,39,44)/t22?,25-,30+,31?/m1/s1. The van der Waals surface area contributed by atoms with Crippen LogP contribution in [0.5, 0.6) is 0 Å². The van der Waals surface area contributed by atoms with Crippen molar-refractivity contribution < 1.29 is 19.2 Å². The molecule has 1 aliphatic heterocycles. The van der Waals surface area contributed by atoms with Gasteiger partial charge < -0.3 is 25.9 Å². The molecule has 1 aliphatic carbocycles. The average molecular weight is 598 g/mol. The molecule has 4 N–H and O–H groups in total. The average Bonchev–Trinajstić information content (AvgIpc) is 3.40. The molecule has 5 rings (SSSR count). The molecule has 2 amide bonds. The van der Waals surface area contributed by atoms with Gasteiger partial charge in [-0.05, 0) is 68.9 Å². The summed E-state index contributed by atoms with van der Waals surface area (Å²) in [5.41, 5.74) is 3.80. The van der Waals surface area contributed by atoms with Gasteiger partial charge in [0.2, 0.25) is 11.8 Å². The van der Waals surface area contributed by atoms with Crippen LogP contribution < -0.4 is 10.6 Å². The summed E-state index contributed by atoms with van der Waals surface area (Å²) in [5, 5.41) is 14.5. The fourth-order valence-corrected chi connectivity index (χ4v) is 6.88. The number of aromatic amines is 1. The fourth-order valence-electron chi connectivity index (χ4n) is 6.88. The Morgan fingerprint density at radius 1 is 1.07 bits per heavy atom. The van der Waals surface area contributed by atoms with E-state index in [2.05, 4.69) is 27.6 Å². The molecule has 44 heavy (non-hydrogen) atoms. The number of para-hydroxylation sites is 1. The van der Waals surface area contributed by atoms with Crippen LogP contribution in [-0.4, -0.2) is 65.7 Å². The lowest BCUT2D eigenvalue weighted by molar-refractivity contribution is -0.132. The number of nitrogens with zero attached hydrogens (tertiary/aromatic N) is 1. The number of nitrogens with one attached hydrogen (secondary N) is 4. The third-order valence-electron chi connectivity index (χ3n) is 9.43. The number of rotatable bonds is 12. The molecule has 0 radical (unpaired) electrons. The van der Waals surface area contributed by atoms with Crippen LogP contribution in [0.3, 0.4) is 0 Å². The van der Waals surface area contributed by atoms with Crippen LogP contribution in [0.25, 0.3) is 10.9 Å². The molecule has 9 heteroatoms. The molecule has 2 heterocycles. The normalized spacial score (nSPS) is 20.5. The predicted octanol–water partition coefficient (Wildman–Crippen LogP) is 4.16. The van der Waals surface area contributed by atoms with E-state index in [1.807, 2.05) is 61.5 Å². The number of aromatic nitrogens is 1. The Balaban J connectivity index is 1.38. The molecule has 3 aromatic rings. The van der Waals surface area contributed by atoms with Crippen molar-refractivity contribution in [2.24, 2.45) is 17.8 Å². The zero-order valence-electron chi connectivity index (χ0n) is 25.6. The van der Waals surface area contributed by atoms with E-state index < -0.39 is 17.9 Å². The number of ketones is 2. The Kier molecular flexibility index (Phi) is 10.0. The lowest BCUT2D eigenvalue weighted by atomic mass is 9.73. The molecule has 0 spiro atoms. The molecule has 1 fully saturated rings. The molecule has 9 nitrogen and oxygen atoms in total. The first-order valence-electron chi connectivity index (χ1n) is 15.7. The SMILES string of the molecule is CC(C[C@@H](CCC(=O)C=N)C(=O)NCc1ccccc1)C1C(=O)[C@@H](NC(=O)C2CCN(C)CC2)Cc2c1[nH]c1ccccc21. The van der Waals surface area contributed by atoms with Crippen molar-refractivity contribution in [2.45, 2.75) is 64.0 Å². The van der Waals surface area contributed by atoms with Gasteiger partial charge >= 0.3 is 0 Å². The lowest BCUT2D eigenvalue weighted by Gasteiger charge is -2.35. The maximum Gasteiger partial charge on any atom is 0.223 e. The van der Waals surface area contributed by atoms with Gasteiger partial charge in [0.05, 0.1) is 18.2 Å². The maximum absolute atomic E-state index is 14.2. The summed E-state index contributed by atoms with van der Waals surface area (Å²) in [5.74, 6) is -2.04. The zero-order chi connectivity index (χ0) is 31.2. The van der Waals surface area contributed by atoms with Crippen molar-refractivity contribution in [1.82, 2.24) is 20.5 Å². The van der Waals surface area contributed by atoms with Gasteiger partial charge in [0.15, 0.2) is 11.6 Å². The first-order chi connectivity index (χ1) is 21.2. The van der Waals surface area contributed by atoms with Crippen LogP contribution in [0.15, 0.2) is 54.6 Å². The second kappa shape index (κ2) is 14.1. The van der Waals surface area contributed by atoms with Crippen molar-refractivity contribution in [3.05, 3.63) is 71.4 Å². The molecule has 2 unspecified atom stereocenters. The van der Waals surface area contributed by atoms with E-state index in [1.54, 1.807) is 0 Å². The van der Waals surface area contributed by atoms with Crippen molar-refractivity contribution in [3.8, 4) is 0 Å². The number of benzene rings is 2. The van der Waals surface area contributed by atoms with Gasteiger partial charge in [-0.1, -0.05) is 55.5 Å². The molecule has 0 bridgehead atoms. The van der Waals surface area contributed by atoms with Crippen molar-refractivity contribution in [2.75, 3.05) is 20.1 Å². The number of fused-ring (bicyclic) bond motifs is 3. The van der Waals surface area contributed by atoms with E-state index in [0.717, 1.165) is 59.9 Å². The van der Waals surface area contributed by atoms with Crippen LogP contribution in [0.2, 0.25) is 0 Å². The molecule has 4 atom stereocenters. The van der Waals surface area contributed by atoms with Crippen molar-refractivity contribution in [3.63, 3.8) is 0 Å². The van der Waals surface area contributed by atoms with Gasteiger partial charge in [-0.25, -0.2) is 0 Å². The number of likely N-dealkylation sites (tertiary alicyclic amines) is 1. The second-order valence-corrected chi connectivity index (χ2v) is 12.5. The minimum atomic E-state index is -0.647. The summed E-state index contributed by atoms with van der Waals surface area (Å²) in [4.78, 5) is 58.8. The summed E-state index contributed by atoms with van der Waals surface area (Å²) >= 11 is 0. The third-order valence-corrected chi connectivity index (χ3v) is 9.43. The predicted molar refractivity (Wildman–Crippen MR) is 170 cm³/mol. The van der Waals surface area contributed by atoms with Gasteiger partial charge in [0.1, 0.15) is 0 Å².